The second kappa shape index (κ2) is 9.64. The molecule has 4 rings (SSSR count). The van der Waals surface area contributed by atoms with Gasteiger partial charge in [-0.15, -0.1) is 0 Å². The molecule has 0 bridgehead atoms. The molecule has 1 N–H and O–H groups in total. The molecular formula is C25H31FN2O5S. The third-order valence-electron chi connectivity index (χ3n) is 6.61. The van der Waals surface area contributed by atoms with Crippen molar-refractivity contribution in [3.63, 3.8) is 0 Å². The second-order valence-corrected chi connectivity index (χ2v) is 11.2. The van der Waals surface area contributed by atoms with Crippen molar-refractivity contribution in [2.75, 3.05) is 26.7 Å². The monoisotopic (exact) mass is 490 g/mol. The summed E-state index contributed by atoms with van der Waals surface area (Å²) in [7, 11) is -2.26. The van der Waals surface area contributed by atoms with Crippen molar-refractivity contribution in [2.45, 2.75) is 43.7 Å². The first-order chi connectivity index (χ1) is 16.1. The fourth-order valence-electron chi connectivity index (χ4n) is 4.31. The van der Waals surface area contributed by atoms with Gasteiger partial charge in [-0.2, -0.15) is 4.31 Å². The van der Waals surface area contributed by atoms with Crippen LogP contribution in [0, 0.1) is 17.7 Å². The molecule has 9 heteroatoms. The van der Waals surface area contributed by atoms with E-state index in [9.17, 15) is 22.7 Å². The zero-order valence-corrected chi connectivity index (χ0v) is 20.5. The molecule has 2 aromatic rings. The second-order valence-electron chi connectivity index (χ2n) is 9.37. The summed E-state index contributed by atoms with van der Waals surface area (Å²) >= 11 is 0. The van der Waals surface area contributed by atoms with Gasteiger partial charge in [-0.3, -0.25) is 4.79 Å². The van der Waals surface area contributed by atoms with Gasteiger partial charge in [-0.1, -0.05) is 31.2 Å². The summed E-state index contributed by atoms with van der Waals surface area (Å²) in [6, 6.07) is 10.1. The summed E-state index contributed by atoms with van der Waals surface area (Å²) in [6.07, 6.45) is 1.28. The summed E-state index contributed by atoms with van der Waals surface area (Å²) in [6.45, 7) is 3.62. The summed E-state index contributed by atoms with van der Waals surface area (Å²) in [4.78, 5) is 14.2. The van der Waals surface area contributed by atoms with Crippen molar-refractivity contribution in [3.8, 4) is 16.9 Å². The number of rotatable bonds is 6. The Morgan fingerprint density at radius 2 is 1.97 bits per heavy atom. The number of amides is 1. The first kappa shape index (κ1) is 24.6. The fourth-order valence-corrected chi connectivity index (χ4v) is 6.13. The molecule has 1 aliphatic carbocycles. The van der Waals surface area contributed by atoms with Crippen LogP contribution in [0.2, 0.25) is 0 Å². The highest BCUT2D eigenvalue weighted by Gasteiger charge is 2.39. The molecule has 0 unspecified atom stereocenters. The number of aliphatic hydroxyl groups is 1. The van der Waals surface area contributed by atoms with E-state index < -0.39 is 28.0 Å². The Labute approximate surface area is 200 Å². The standard InChI is InChI=1S/C25H31FN2O5S/c1-16-13-28(17(2)15-29)34(31,32)24-11-10-19(20-6-4-5-7-21(20)26)12-22(24)33-23(16)14-27(3)25(30)18-8-9-18/h4-7,10-12,16-18,23,29H,8-9,13-15H2,1-3H3/t16-,17+,23+/m1/s1. The predicted molar refractivity (Wildman–Crippen MR) is 126 cm³/mol. The number of carbonyl (C=O) groups excluding carboxylic acids is 1. The molecule has 0 spiro atoms. The van der Waals surface area contributed by atoms with Crippen molar-refractivity contribution < 1.29 is 27.4 Å². The van der Waals surface area contributed by atoms with Gasteiger partial charge >= 0.3 is 0 Å². The minimum atomic E-state index is -3.99. The molecule has 1 aliphatic heterocycles. The summed E-state index contributed by atoms with van der Waals surface area (Å²) < 4.78 is 49.2. The first-order valence-corrected chi connectivity index (χ1v) is 13.0. The third-order valence-corrected chi connectivity index (χ3v) is 8.63. The van der Waals surface area contributed by atoms with E-state index in [0.717, 1.165) is 12.8 Å². The van der Waals surface area contributed by atoms with Crippen molar-refractivity contribution in [2.24, 2.45) is 11.8 Å². The Balaban J connectivity index is 1.78. The van der Waals surface area contributed by atoms with E-state index in [1.165, 1.54) is 16.4 Å². The normalized spacial score (nSPS) is 23.2. The zero-order chi connectivity index (χ0) is 24.6. The van der Waals surface area contributed by atoms with E-state index in [2.05, 4.69) is 0 Å². The number of aliphatic hydroxyl groups excluding tert-OH is 1. The Bertz CT molecular complexity index is 1170. The van der Waals surface area contributed by atoms with Crippen LogP contribution in [0.3, 0.4) is 0 Å². The Kier molecular flexibility index (Phi) is 6.98. The van der Waals surface area contributed by atoms with Crippen molar-refractivity contribution >= 4 is 15.9 Å². The Morgan fingerprint density at radius 1 is 1.26 bits per heavy atom. The molecule has 0 radical (unpaired) electrons. The number of ether oxygens (including phenoxy) is 1. The molecule has 0 aromatic heterocycles. The number of hydrogen-bond donors (Lipinski definition) is 1. The average Bonchev–Trinajstić information content (AvgIpc) is 3.66. The molecule has 3 atom stereocenters. The summed E-state index contributed by atoms with van der Waals surface area (Å²) in [5.41, 5.74) is 0.822. The third kappa shape index (κ3) is 4.82. The van der Waals surface area contributed by atoms with E-state index >= 15 is 0 Å². The largest absolute Gasteiger partial charge is 0.487 e. The van der Waals surface area contributed by atoms with Gasteiger partial charge in [0, 0.05) is 37.0 Å². The van der Waals surface area contributed by atoms with Crippen LogP contribution in [0.25, 0.3) is 11.1 Å². The van der Waals surface area contributed by atoms with Gasteiger partial charge in [-0.25, -0.2) is 12.8 Å². The quantitative estimate of drug-likeness (QED) is 0.672. The van der Waals surface area contributed by atoms with Gasteiger partial charge in [0.05, 0.1) is 13.2 Å². The van der Waals surface area contributed by atoms with Crippen LogP contribution in [0.15, 0.2) is 47.4 Å². The maximum absolute atomic E-state index is 14.5. The molecule has 7 nitrogen and oxygen atoms in total. The van der Waals surface area contributed by atoms with Gasteiger partial charge in [0.2, 0.25) is 15.9 Å². The molecule has 184 valence electrons. The number of likely N-dealkylation sites (N-methyl/N-ethyl adjacent to an activating group) is 1. The van der Waals surface area contributed by atoms with Gasteiger partial charge in [0.1, 0.15) is 22.6 Å². The number of fused-ring (bicyclic) bond motifs is 1. The number of sulfonamides is 1. The lowest BCUT2D eigenvalue weighted by atomic mass is 10.0. The molecule has 0 saturated heterocycles. The Morgan fingerprint density at radius 3 is 2.62 bits per heavy atom. The topological polar surface area (TPSA) is 87.2 Å². The molecule has 2 aromatic carbocycles. The molecule has 1 fully saturated rings. The van der Waals surface area contributed by atoms with Crippen LogP contribution in [0.1, 0.15) is 26.7 Å². The highest BCUT2D eigenvalue weighted by molar-refractivity contribution is 7.89. The van der Waals surface area contributed by atoms with E-state index in [1.54, 1.807) is 49.2 Å². The van der Waals surface area contributed by atoms with Gasteiger partial charge in [-0.05, 0) is 43.5 Å². The Hall–Kier alpha value is -2.49. The summed E-state index contributed by atoms with van der Waals surface area (Å²) in [5.74, 6) is -0.471. The van der Waals surface area contributed by atoms with Crippen LogP contribution in [0.4, 0.5) is 4.39 Å². The van der Waals surface area contributed by atoms with Gasteiger partial charge < -0.3 is 14.7 Å². The van der Waals surface area contributed by atoms with E-state index in [0.29, 0.717) is 17.7 Å². The highest BCUT2D eigenvalue weighted by Crippen LogP contribution is 2.37. The van der Waals surface area contributed by atoms with Gasteiger partial charge in [0.15, 0.2) is 0 Å². The molecular weight excluding hydrogens is 459 g/mol. The molecule has 1 amide bonds. The SMILES string of the molecule is C[C@@H]1CN([C@@H](C)CO)S(=O)(=O)c2ccc(-c3ccccc3F)cc2O[C@H]1CN(C)C(=O)C1CC1. The highest BCUT2D eigenvalue weighted by atomic mass is 32.2. The number of nitrogens with zero attached hydrogens (tertiary/aromatic N) is 2. The first-order valence-electron chi connectivity index (χ1n) is 11.6. The number of carbonyl (C=O) groups is 1. The number of hydrogen-bond acceptors (Lipinski definition) is 5. The molecule has 2 aliphatic rings. The summed E-state index contributed by atoms with van der Waals surface area (Å²) in [5, 5.41) is 9.76. The van der Waals surface area contributed by atoms with Crippen LogP contribution in [-0.2, 0) is 14.8 Å². The van der Waals surface area contributed by atoms with E-state index in [1.807, 2.05) is 6.92 Å². The molecule has 1 saturated carbocycles. The zero-order valence-electron chi connectivity index (χ0n) is 19.6. The number of benzene rings is 2. The average molecular weight is 491 g/mol. The van der Waals surface area contributed by atoms with Crippen molar-refractivity contribution in [1.82, 2.24) is 9.21 Å². The van der Waals surface area contributed by atoms with Crippen LogP contribution < -0.4 is 4.74 Å². The number of halogens is 1. The maximum atomic E-state index is 14.5. The van der Waals surface area contributed by atoms with Crippen molar-refractivity contribution in [3.05, 3.63) is 48.3 Å². The predicted octanol–water partition coefficient (Wildman–Crippen LogP) is 3.13. The lowest BCUT2D eigenvalue weighted by molar-refractivity contribution is -0.132. The van der Waals surface area contributed by atoms with E-state index in [-0.39, 0.29) is 41.5 Å². The minimum Gasteiger partial charge on any atom is -0.487 e. The lowest BCUT2D eigenvalue weighted by Crippen LogP contribution is -2.50. The van der Waals surface area contributed by atoms with E-state index in [4.69, 9.17) is 4.74 Å². The fraction of sp³-hybridized carbons (Fsp3) is 0.480. The van der Waals surface area contributed by atoms with Crippen LogP contribution in [-0.4, -0.2) is 67.5 Å². The lowest BCUT2D eigenvalue weighted by Gasteiger charge is -2.37. The maximum Gasteiger partial charge on any atom is 0.247 e. The molecule has 1 heterocycles. The molecule has 34 heavy (non-hydrogen) atoms. The van der Waals surface area contributed by atoms with Crippen LogP contribution in [0.5, 0.6) is 5.75 Å². The minimum absolute atomic E-state index is 0.0408. The van der Waals surface area contributed by atoms with Gasteiger partial charge in [0.25, 0.3) is 0 Å². The van der Waals surface area contributed by atoms with Crippen molar-refractivity contribution in [1.29, 1.82) is 0 Å². The smallest absolute Gasteiger partial charge is 0.247 e. The van der Waals surface area contributed by atoms with Crippen LogP contribution >= 0.6 is 0 Å².